The van der Waals surface area contributed by atoms with Gasteiger partial charge >= 0.3 is 0 Å². The molecule has 0 radical (unpaired) electrons. The number of rotatable bonds is 1. The summed E-state index contributed by atoms with van der Waals surface area (Å²) < 4.78 is 1.49. The first kappa shape index (κ1) is 9.77. The Morgan fingerprint density at radius 3 is 2.64 bits per heavy atom. The molecule has 3 nitrogen and oxygen atoms in total. The number of aldehydes is 1. The molecule has 0 aromatic carbocycles. The summed E-state index contributed by atoms with van der Waals surface area (Å²) in [4.78, 5) is 14.6. The Hall–Kier alpha value is -0.770. The summed E-state index contributed by atoms with van der Waals surface area (Å²) in [5.41, 5.74) is 0.756. The Balaban J connectivity index is 2.89. The molecule has 2 aromatic rings. The summed E-state index contributed by atoms with van der Waals surface area (Å²) >= 11 is 17.3. The van der Waals surface area contributed by atoms with Crippen LogP contribution in [0.2, 0.25) is 15.2 Å². The van der Waals surface area contributed by atoms with Gasteiger partial charge in [0.15, 0.2) is 11.4 Å². The van der Waals surface area contributed by atoms with E-state index < -0.39 is 0 Å². The lowest BCUT2D eigenvalue weighted by atomic mass is 10.4. The monoisotopic (exact) mass is 248 g/mol. The number of pyridine rings is 1. The van der Waals surface area contributed by atoms with Gasteiger partial charge in [-0.25, -0.2) is 4.98 Å². The van der Waals surface area contributed by atoms with E-state index in [4.69, 9.17) is 34.8 Å². The molecule has 0 fully saturated rings. The summed E-state index contributed by atoms with van der Waals surface area (Å²) in [6.45, 7) is 0. The number of aromatic nitrogens is 2. The van der Waals surface area contributed by atoms with E-state index in [1.165, 1.54) is 10.6 Å². The van der Waals surface area contributed by atoms with Gasteiger partial charge in [0.2, 0.25) is 0 Å². The van der Waals surface area contributed by atoms with Crippen LogP contribution < -0.4 is 0 Å². The van der Waals surface area contributed by atoms with E-state index in [9.17, 15) is 4.79 Å². The molecule has 0 aliphatic heterocycles. The highest BCUT2D eigenvalue weighted by molar-refractivity contribution is 6.42. The molecule has 6 heteroatoms. The van der Waals surface area contributed by atoms with Gasteiger partial charge in [-0.1, -0.05) is 34.8 Å². The van der Waals surface area contributed by atoms with Gasteiger partial charge in [0.25, 0.3) is 0 Å². The fourth-order valence-corrected chi connectivity index (χ4v) is 1.66. The Kier molecular flexibility index (Phi) is 2.39. The second-order valence-electron chi connectivity index (χ2n) is 2.60. The van der Waals surface area contributed by atoms with Crippen molar-refractivity contribution in [2.24, 2.45) is 0 Å². The Bertz CT molecular complexity index is 521. The minimum absolute atomic E-state index is 0.137. The third-order valence-corrected chi connectivity index (χ3v) is 2.76. The molecule has 0 atom stereocenters. The molecule has 2 rings (SSSR count). The Morgan fingerprint density at radius 1 is 1.29 bits per heavy atom. The maximum Gasteiger partial charge on any atom is 0.170 e. The molecule has 0 bridgehead atoms. The van der Waals surface area contributed by atoms with Crippen molar-refractivity contribution in [1.82, 2.24) is 9.38 Å². The summed E-state index contributed by atoms with van der Waals surface area (Å²) in [7, 11) is 0. The smallest absolute Gasteiger partial charge is 0.170 e. The first-order valence-electron chi connectivity index (χ1n) is 3.61. The second-order valence-corrected chi connectivity index (χ2v) is 3.78. The average Bonchev–Trinajstić information content (AvgIpc) is 2.42. The number of fused-ring (bicyclic) bond motifs is 1. The van der Waals surface area contributed by atoms with Crippen molar-refractivity contribution in [3.05, 3.63) is 33.2 Å². The van der Waals surface area contributed by atoms with E-state index in [-0.39, 0.29) is 10.8 Å². The first-order chi connectivity index (χ1) is 6.63. The number of halogens is 3. The van der Waals surface area contributed by atoms with Crippen molar-refractivity contribution in [1.29, 1.82) is 0 Å². The fourth-order valence-electron chi connectivity index (χ4n) is 1.13. The molecule has 0 unspecified atom stereocenters. The predicted molar refractivity (Wildman–Crippen MR) is 55.6 cm³/mol. The van der Waals surface area contributed by atoms with Gasteiger partial charge in [0.1, 0.15) is 11.3 Å². The zero-order chi connectivity index (χ0) is 10.3. The quantitative estimate of drug-likeness (QED) is 0.728. The van der Waals surface area contributed by atoms with Gasteiger partial charge < -0.3 is 0 Å². The number of hydrogen-bond acceptors (Lipinski definition) is 2. The molecule has 14 heavy (non-hydrogen) atoms. The third-order valence-electron chi connectivity index (χ3n) is 1.77. The predicted octanol–water partition coefficient (Wildman–Crippen LogP) is 3.11. The number of hydrogen-bond donors (Lipinski definition) is 0. The molecule has 0 saturated heterocycles. The van der Waals surface area contributed by atoms with Crippen LogP contribution in [-0.2, 0) is 0 Å². The highest BCUT2D eigenvalue weighted by Crippen LogP contribution is 2.25. The zero-order valence-electron chi connectivity index (χ0n) is 6.67. The summed E-state index contributed by atoms with van der Waals surface area (Å²) in [6, 6.07) is 1.54. The SMILES string of the molecule is O=Cc1c(Cl)nc2cc(Cl)c(Cl)cn12. The van der Waals surface area contributed by atoms with Gasteiger partial charge in [-0.3, -0.25) is 9.20 Å². The van der Waals surface area contributed by atoms with Crippen LogP contribution in [0.5, 0.6) is 0 Å². The average molecular weight is 249 g/mol. The van der Waals surface area contributed by atoms with Gasteiger partial charge in [-0.05, 0) is 0 Å². The number of carbonyl (C=O) groups is 1. The molecule has 2 aromatic heterocycles. The topological polar surface area (TPSA) is 34.4 Å². The minimum atomic E-state index is 0.137. The van der Waals surface area contributed by atoms with E-state index >= 15 is 0 Å². The van der Waals surface area contributed by atoms with Crippen LogP contribution in [0.15, 0.2) is 12.3 Å². The Morgan fingerprint density at radius 2 is 2.00 bits per heavy atom. The van der Waals surface area contributed by atoms with E-state index in [0.29, 0.717) is 22.0 Å². The zero-order valence-corrected chi connectivity index (χ0v) is 8.94. The molecular formula is C8H3Cl3N2O. The third kappa shape index (κ3) is 1.38. The van der Waals surface area contributed by atoms with Gasteiger partial charge in [-0.15, -0.1) is 0 Å². The molecule has 0 aliphatic rings. The maximum absolute atomic E-state index is 10.7. The molecule has 0 saturated carbocycles. The van der Waals surface area contributed by atoms with Crippen molar-refractivity contribution in [2.45, 2.75) is 0 Å². The standard InChI is InChI=1S/C8H3Cl3N2O/c9-4-1-7-12-8(11)6(3-14)13(7)2-5(4)10/h1-3H. The minimum Gasteiger partial charge on any atom is -0.296 e. The Labute approximate surface area is 94.2 Å². The molecule has 0 amide bonds. The van der Waals surface area contributed by atoms with Crippen molar-refractivity contribution in [3.63, 3.8) is 0 Å². The van der Waals surface area contributed by atoms with Gasteiger partial charge in [-0.2, -0.15) is 0 Å². The lowest BCUT2D eigenvalue weighted by molar-refractivity contribution is 0.111. The van der Waals surface area contributed by atoms with E-state index in [1.54, 1.807) is 6.07 Å². The maximum atomic E-state index is 10.7. The van der Waals surface area contributed by atoms with Crippen LogP contribution in [0.25, 0.3) is 5.65 Å². The largest absolute Gasteiger partial charge is 0.296 e. The van der Waals surface area contributed by atoms with Crippen molar-refractivity contribution < 1.29 is 4.79 Å². The van der Waals surface area contributed by atoms with Crippen LogP contribution in [0.3, 0.4) is 0 Å². The number of nitrogens with zero attached hydrogens (tertiary/aromatic N) is 2. The molecule has 72 valence electrons. The lowest BCUT2D eigenvalue weighted by Gasteiger charge is -1.98. The van der Waals surface area contributed by atoms with Crippen LogP contribution in [0, 0.1) is 0 Å². The van der Waals surface area contributed by atoms with Crippen LogP contribution in [0.4, 0.5) is 0 Å². The molecular weight excluding hydrogens is 246 g/mol. The summed E-state index contributed by atoms with van der Waals surface area (Å²) in [5, 5.41) is 0.855. The fraction of sp³-hybridized carbons (Fsp3) is 0. The van der Waals surface area contributed by atoms with Crippen LogP contribution in [0.1, 0.15) is 10.5 Å². The molecule has 0 spiro atoms. The number of imidazole rings is 1. The van der Waals surface area contributed by atoms with Crippen molar-refractivity contribution in [2.75, 3.05) is 0 Å². The van der Waals surface area contributed by atoms with Gasteiger partial charge in [0.05, 0.1) is 10.0 Å². The van der Waals surface area contributed by atoms with Gasteiger partial charge in [0, 0.05) is 12.3 Å². The highest BCUT2D eigenvalue weighted by Gasteiger charge is 2.11. The molecule has 2 heterocycles. The molecule has 0 N–H and O–H groups in total. The molecule has 0 aliphatic carbocycles. The summed E-state index contributed by atoms with van der Waals surface area (Å²) in [5.74, 6) is 0. The normalized spacial score (nSPS) is 10.8. The van der Waals surface area contributed by atoms with E-state index in [2.05, 4.69) is 4.98 Å². The van der Waals surface area contributed by atoms with Crippen LogP contribution >= 0.6 is 34.8 Å². The number of carbonyl (C=O) groups excluding carboxylic acids is 1. The summed E-state index contributed by atoms with van der Waals surface area (Å²) in [6.07, 6.45) is 2.12. The van der Waals surface area contributed by atoms with Crippen molar-refractivity contribution in [3.8, 4) is 0 Å². The first-order valence-corrected chi connectivity index (χ1v) is 4.74. The second kappa shape index (κ2) is 3.42. The van der Waals surface area contributed by atoms with Crippen molar-refractivity contribution >= 4 is 46.7 Å². The van der Waals surface area contributed by atoms with E-state index in [0.717, 1.165) is 0 Å². The van der Waals surface area contributed by atoms with Crippen LogP contribution in [-0.4, -0.2) is 15.7 Å². The highest BCUT2D eigenvalue weighted by atomic mass is 35.5. The lowest BCUT2D eigenvalue weighted by Crippen LogP contribution is -1.90. The van der Waals surface area contributed by atoms with E-state index in [1.807, 2.05) is 0 Å².